The molecule has 0 radical (unpaired) electrons. The molecule has 15 heavy (non-hydrogen) atoms. The van der Waals surface area contributed by atoms with Crippen LogP contribution >= 0.6 is 0 Å². The van der Waals surface area contributed by atoms with Gasteiger partial charge in [0, 0.05) is 13.2 Å². The van der Waals surface area contributed by atoms with E-state index in [0.717, 1.165) is 5.92 Å². The van der Waals surface area contributed by atoms with Gasteiger partial charge in [-0.3, -0.25) is 0 Å². The smallest absolute Gasteiger partial charge is 0.0586 e. The third-order valence-corrected chi connectivity index (χ3v) is 3.81. The van der Waals surface area contributed by atoms with Crippen molar-refractivity contribution >= 4 is 0 Å². The summed E-state index contributed by atoms with van der Waals surface area (Å²) in [6.45, 7) is 3.60. The fraction of sp³-hybridized carbons (Fsp3) is 1.00. The van der Waals surface area contributed by atoms with E-state index >= 15 is 0 Å². The molecule has 1 aliphatic heterocycles. The largest absolute Gasteiger partial charge is 0.381 e. The van der Waals surface area contributed by atoms with E-state index in [1.165, 1.54) is 51.7 Å². The molecule has 1 heterocycles. The van der Waals surface area contributed by atoms with Gasteiger partial charge in [-0.25, -0.2) is 0 Å². The zero-order chi connectivity index (χ0) is 10.5. The first-order valence-corrected chi connectivity index (χ1v) is 6.35. The summed E-state index contributed by atoms with van der Waals surface area (Å²) in [4.78, 5) is 0. The van der Waals surface area contributed by atoms with E-state index in [0.29, 0.717) is 12.1 Å². The predicted molar refractivity (Wildman–Crippen MR) is 62.0 cm³/mol. The molecule has 1 saturated carbocycles. The predicted octanol–water partition coefficient (Wildman–Crippen LogP) is 1.14. The molecule has 0 aromatic carbocycles. The molecule has 2 aliphatic rings. The van der Waals surface area contributed by atoms with E-state index in [2.05, 4.69) is 10.6 Å². The van der Waals surface area contributed by atoms with Crippen molar-refractivity contribution in [3.8, 4) is 0 Å². The summed E-state index contributed by atoms with van der Waals surface area (Å²) in [5, 5.41) is 7.16. The molecule has 3 heteroatoms. The minimum atomic E-state index is 0.506. The number of rotatable bonds is 4. The maximum absolute atomic E-state index is 5.38. The zero-order valence-electron chi connectivity index (χ0n) is 9.80. The second kappa shape index (κ2) is 5.83. The summed E-state index contributed by atoms with van der Waals surface area (Å²) in [5.41, 5.74) is 0. The Hall–Kier alpha value is -0.120. The monoisotopic (exact) mass is 212 g/mol. The molecule has 2 N–H and O–H groups in total. The van der Waals surface area contributed by atoms with Crippen molar-refractivity contribution in [2.24, 2.45) is 5.92 Å². The van der Waals surface area contributed by atoms with Gasteiger partial charge in [-0.2, -0.15) is 0 Å². The number of ether oxygens (including phenoxy) is 1. The minimum absolute atomic E-state index is 0.506. The van der Waals surface area contributed by atoms with E-state index in [4.69, 9.17) is 4.74 Å². The van der Waals surface area contributed by atoms with Gasteiger partial charge in [0.1, 0.15) is 0 Å². The van der Waals surface area contributed by atoms with Crippen molar-refractivity contribution in [1.29, 1.82) is 0 Å². The lowest BCUT2D eigenvalue weighted by atomic mass is 9.99. The van der Waals surface area contributed by atoms with Gasteiger partial charge in [0.05, 0.1) is 6.10 Å². The first-order chi connectivity index (χ1) is 7.38. The molecule has 0 aromatic rings. The highest BCUT2D eigenvalue weighted by Gasteiger charge is 2.24. The van der Waals surface area contributed by atoms with Gasteiger partial charge in [0.25, 0.3) is 0 Å². The Morgan fingerprint density at radius 2 is 2.27 bits per heavy atom. The Morgan fingerprint density at radius 3 is 2.93 bits per heavy atom. The van der Waals surface area contributed by atoms with Gasteiger partial charge in [-0.1, -0.05) is 0 Å². The van der Waals surface area contributed by atoms with Crippen LogP contribution in [0, 0.1) is 5.92 Å². The SMILES string of the molecule is COC1CCC(NCC2CCCNC2)C1. The van der Waals surface area contributed by atoms with E-state index < -0.39 is 0 Å². The maximum atomic E-state index is 5.38. The molecule has 88 valence electrons. The molecule has 3 nitrogen and oxygen atoms in total. The maximum Gasteiger partial charge on any atom is 0.0586 e. The van der Waals surface area contributed by atoms with Crippen LogP contribution in [0.25, 0.3) is 0 Å². The number of hydrogen-bond donors (Lipinski definition) is 2. The summed E-state index contributed by atoms with van der Waals surface area (Å²) < 4.78 is 5.38. The number of methoxy groups -OCH3 is 1. The van der Waals surface area contributed by atoms with Crippen LogP contribution in [0.2, 0.25) is 0 Å². The van der Waals surface area contributed by atoms with Crippen LogP contribution in [0.3, 0.4) is 0 Å². The molecule has 0 spiro atoms. The molecule has 1 saturated heterocycles. The third-order valence-electron chi connectivity index (χ3n) is 3.81. The first kappa shape index (κ1) is 11.4. The molecule has 3 atom stereocenters. The van der Waals surface area contributed by atoms with E-state index in [1.54, 1.807) is 0 Å². The lowest BCUT2D eigenvalue weighted by Crippen LogP contribution is -2.39. The normalized spacial score (nSPS) is 37.0. The minimum Gasteiger partial charge on any atom is -0.381 e. The van der Waals surface area contributed by atoms with Gasteiger partial charge in [0.15, 0.2) is 0 Å². The fourth-order valence-electron chi connectivity index (χ4n) is 2.77. The van der Waals surface area contributed by atoms with Crippen LogP contribution in [0.15, 0.2) is 0 Å². The second-order valence-corrected chi connectivity index (χ2v) is 4.99. The molecule has 2 fully saturated rings. The molecule has 1 aliphatic carbocycles. The Labute approximate surface area is 93.0 Å². The van der Waals surface area contributed by atoms with Crippen molar-refractivity contribution < 1.29 is 4.74 Å². The van der Waals surface area contributed by atoms with Crippen LogP contribution < -0.4 is 10.6 Å². The number of piperidine rings is 1. The van der Waals surface area contributed by atoms with Gasteiger partial charge >= 0.3 is 0 Å². The van der Waals surface area contributed by atoms with E-state index in [-0.39, 0.29) is 0 Å². The standard InChI is InChI=1S/C12H24N2O/c1-15-12-5-4-11(7-12)14-9-10-3-2-6-13-8-10/h10-14H,2-9H2,1H3. The highest BCUT2D eigenvalue weighted by atomic mass is 16.5. The topological polar surface area (TPSA) is 33.3 Å². The summed E-state index contributed by atoms with van der Waals surface area (Å²) in [6.07, 6.45) is 6.97. The summed E-state index contributed by atoms with van der Waals surface area (Å²) >= 11 is 0. The average Bonchev–Trinajstić information content (AvgIpc) is 2.76. The molecular formula is C12H24N2O. The van der Waals surface area contributed by atoms with E-state index in [1.807, 2.05) is 7.11 Å². The van der Waals surface area contributed by atoms with E-state index in [9.17, 15) is 0 Å². The van der Waals surface area contributed by atoms with Gasteiger partial charge in [-0.15, -0.1) is 0 Å². The molecular weight excluding hydrogens is 188 g/mol. The zero-order valence-corrected chi connectivity index (χ0v) is 9.80. The fourth-order valence-corrected chi connectivity index (χ4v) is 2.77. The summed E-state index contributed by atoms with van der Waals surface area (Å²) in [6, 6.07) is 0.705. The van der Waals surface area contributed by atoms with Gasteiger partial charge in [0.2, 0.25) is 0 Å². The summed E-state index contributed by atoms with van der Waals surface area (Å²) in [5.74, 6) is 0.848. The van der Waals surface area contributed by atoms with Crippen molar-refractivity contribution in [1.82, 2.24) is 10.6 Å². The third kappa shape index (κ3) is 3.44. The Morgan fingerprint density at radius 1 is 1.33 bits per heavy atom. The summed E-state index contributed by atoms with van der Waals surface area (Å²) in [7, 11) is 1.83. The highest BCUT2D eigenvalue weighted by molar-refractivity contribution is 4.82. The van der Waals surface area contributed by atoms with Crippen LogP contribution in [0.4, 0.5) is 0 Å². The quantitative estimate of drug-likeness (QED) is 0.733. The van der Waals surface area contributed by atoms with Crippen molar-refractivity contribution in [3.05, 3.63) is 0 Å². The highest BCUT2D eigenvalue weighted by Crippen LogP contribution is 2.21. The lowest BCUT2D eigenvalue weighted by molar-refractivity contribution is 0.106. The van der Waals surface area contributed by atoms with Crippen molar-refractivity contribution in [2.45, 2.75) is 44.2 Å². The van der Waals surface area contributed by atoms with Crippen molar-refractivity contribution in [2.75, 3.05) is 26.7 Å². The van der Waals surface area contributed by atoms with Crippen LogP contribution in [0.5, 0.6) is 0 Å². The molecule has 2 rings (SSSR count). The Kier molecular flexibility index (Phi) is 4.42. The van der Waals surface area contributed by atoms with Crippen LogP contribution in [0.1, 0.15) is 32.1 Å². The lowest BCUT2D eigenvalue weighted by Gasteiger charge is -2.24. The Bertz CT molecular complexity index is 180. The average molecular weight is 212 g/mol. The molecule has 0 amide bonds. The van der Waals surface area contributed by atoms with Crippen LogP contribution in [-0.2, 0) is 4.74 Å². The number of nitrogens with one attached hydrogen (secondary N) is 2. The van der Waals surface area contributed by atoms with Crippen LogP contribution in [-0.4, -0.2) is 38.9 Å². The molecule has 3 unspecified atom stereocenters. The number of hydrogen-bond acceptors (Lipinski definition) is 3. The van der Waals surface area contributed by atoms with Crippen molar-refractivity contribution in [3.63, 3.8) is 0 Å². The second-order valence-electron chi connectivity index (χ2n) is 4.99. The molecule has 0 bridgehead atoms. The Balaban J connectivity index is 1.61. The first-order valence-electron chi connectivity index (χ1n) is 6.35. The van der Waals surface area contributed by atoms with Gasteiger partial charge in [-0.05, 0) is 57.7 Å². The van der Waals surface area contributed by atoms with Gasteiger partial charge < -0.3 is 15.4 Å². The molecule has 0 aromatic heterocycles.